The van der Waals surface area contributed by atoms with Gasteiger partial charge in [0.1, 0.15) is 0 Å². The van der Waals surface area contributed by atoms with Gasteiger partial charge in [-0.2, -0.15) is 0 Å². The van der Waals surface area contributed by atoms with E-state index >= 15 is 0 Å². The summed E-state index contributed by atoms with van der Waals surface area (Å²) in [6.07, 6.45) is 4.26. The van der Waals surface area contributed by atoms with Crippen LogP contribution in [0.2, 0.25) is 0 Å². The third-order valence-electron chi connectivity index (χ3n) is 2.34. The number of carboxylic acids is 1. The zero-order valence-corrected chi connectivity index (χ0v) is 8.53. The summed E-state index contributed by atoms with van der Waals surface area (Å²) in [5.74, 6) is -0.427. The van der Waals surface area contributed by atoms with E-state index in [1.165, 1.54) is 6.20 Å². The molecule has 0 aromatic carbocycles. The summed E-state index contributed by atoms with van der Waals surface area (Å²) in [5, 5.41) is 12.0. The Labute approximate surface area is 87.6 Å². The van der Waals surface area contributed by atoms with Gasteiger partial charge in [0.15, 0.2) is 0 Å². The molecule has 80 valence electrons. The summed E-state index contributed by atoms with van der Waals surface area (Å²) in [6, 6.07) is 0.477. The van der Waals surface area contributed by atoms with E-state index in [1.807, 2.05) is 6.92 Å². The van der Waals surface area contributed by atoms with Crippen LogP contribution in [0.4, 0.5) is 5.95 Å². The molecule has 0 unspecified atom stereocenters. The van der Waals surface area contributed by atoms with Crippen LogP contribution in [0, 0.1) is 0 Å². The summed E-state index contributed by atoms with van der Waals surface area (Å²) in [6.45, 7) is 1.88. The van der Waals surface area contributed by atoms with Crippen molar-refractivity contribution in [3.63, 3.8) is 0 Å². The first-order valence-electron chi connectivity index (χ1n) is 5.06. The first kappa shape index (κ1) is 9.89. The van der Waals surface area contributed by atoms with E-state index in [4.69, 9.17) is 5.11 Å². The number of aromatic carboxylic acids is 1. The Morgan fingerprint density at radius 1 is 1.67 bits per heavy atom. The molecule has 0 amide bonds. The first-order chi connectivity index (χ1) is 7.20. The van der Waals surface area contributed by atoms with Gasteiger partial charge in [-0.15, -0.1) is 0 Å². The molecule has 1 fully saturated rings. The van der Waals surface area contributed by atoms with Crippen LogP contribution in [0.25, 0.3) is 0 Å². The molecular formula is C10H13N3O2. The highest BCUT2D eigenvalue weighted by Crippen LogP contribution is 2.23. The number of anilines is 1. The predicted molar refractivity (Wildman–Crippen MR) is 55.0 cm³/mol. The molecule has 5 heteroatoms. The van der Waals surface area contributed by atoms with Crippen molar-refractivity contribution in [1.29, 1.82) is 0 Å². The molecular weight excluding hydrogens is 194 g/mol. The molecule has 0 spiro atoms. The summed E-state index contributed by atoms with van der Waals surface area (Å²) in [7, 11) is 0. The number of carbonyl (C=O) groups is 1. The van der Waals surface area contributed by atoms with Crippen molar-refractivity contribution in [2.24, 2.45) is 0 Å². The van der Waals surface area contributed by atoms with Crippen molar-refractivity contribution >= 4 is 11.9 Å². The normalized spacial score (nSPS) is 15.0. The molecule has 0 bridgehead atoms. The fourth-order valence-corrected chi connectivity index (χ4v) is 1.35. The van der Waals surface area contributed by atoms with Gasteiger partial charge in [-0.1, -0.05) is 6.92 Å². The number of rotatable bonds is 4. The highest BCUT2D eigenvalue weighted by atomic mass is 16.4. The lowest BCUT2D eigenvalue weighted by atomic mass is 10.2. The van der Waals surface area contributed by atoms with Crippen LogP contribution in [-0.2, 0) is 6.42 Å². The van der Waals surface area contributed by atoms with Crippen LogP contribution in [0.15, 0.2) is 6.20 Å². The van der Waals surface area contributed by atoms with Crippen LogP contribution in [-0.4, -0.2) is 27.1 Å². The maximum Gasteiger partial charge on any atom is 0.339 e. The number of aryl methyl sites for hydroxylation is 1. The van der Waals surface area contributed by atoms with Gasteiger partial charge in [0.25, 0.3) is 0 Å². The highest BCUT2D eigenvalue weighted by Gasteiger charge is 2.22. The summed E-state index contributed by atoms with van der Waals surface area (Å²) in [5.41, 5.74) is 0.777. The molecule has 1 heterocycles. The predicted octanol–water partition coefficient (Wildman–Crippen LogP) is 1.31. The standard InChI is InChI=1S/C10H13N3O2/c1-2-8-7(9(14)15)5-11-10(13-8)12-6-3-4-6/h5-6H,2-4H2,1H3,(H,14,15)(H,11,12,13). The van der Waals surface area contributed by atoms with E-state index in [1.54, 1.807) is 0 Å². The van der Waals surface area contributed by atoms with E-state index in [0.717, 1.165) is 12.8 Å². The fraction of sp³-hybridized carbons (Fsp3) is 0.500. The van der Waals surface area contributed by atoms with Crippen LogP contribution in [0.3, 0.4) is 0 Å². The molecule has 0 aliphatic heterocycles. The molecule has 15 heavy (non-hydrogen) atoms. The number of carboxylic acid groups (broad SMARTS) is 1. The van der Waals surface area contributed by atoms with Gasteiger partial charge in [-0.25, -0.2) is 14.8 Å². The molecule has 2 N–H and O–H groups in total. The van der Waals surface area contributed by atoms with Gasteiger partial charge >= 0.3 is 5.97 Å². The first-order valence-corrected chi connectivity index (χ1v) is 5.06. The maximum absolute atomic E-state index is 10.8. The lowest BCUT2D eigenvalue weighted by Gasteiger charge is -2.06. The second kappa shape index (κ2) is 3.84. The quantitative estimate of drug-likeness (QED) is 0.778. The van der Waals surface area contributed by atoms with Crippen molar-refractivity contribution in [1.82, 2.24) is 9.97 Å². The smallest absolute Gasteiger partial charge is 0.339 e. The van der Waals surface area contributed by atoms with Crippen LogP contribution in [0.5, 0.6) is 0 Å². The van der Waals surface area contributed by atoms with E-state index < -0.39 is 5.97 Å². The SMILES string of the molecule is CCc1nc(NC2CC2)ncc1C(=O)O. The van der Waals surface area contributed by atoms with Crippen molar-refractivity contribution in [3.8, 4) is 0 Å². The van der Waals surface area contributed by atoms with Crippen molar-refractivity contribution < 1.29 is 9.90 Å². The van der Waals surface area contributed by atoms with Crippen molar-refractivity contribution in [2.45, 2.75) is 32.2 Å². The summed E-state index contributed by atoms with van der Waals surface area (Å²) < 4.78 is 0. The Morgan fingerprint density at radius 2 is 2.40 bits per heavy atom. The Kier molecular flexibility index (Phi) is 2.53. The molecule has 0 radical (unpaired) electrons. The third-order valence-corrected chi connectivity index (χ3v) is 2.34. The van der Waals surface area contributed by atoms with Crippen LogP contribution < -0.4 is 5.32 Å². The monoisotopic (exact) mass is 207 g/mol. The van der Waals surface area contributed by atoms with Gasteiger partial charge < -0.3 is 10.4 Å². The van der Waals surface area contributed by atoms with Gasteiger partial charge in [-0.05, 0) is 19.3 Å². The molecule has 0 atom stereocenters. The highest BCUT2D eigenvalue weighted by molar-refractivity contribution is 5.88. The Balaban J connectivity index is 2.24. The van der Waals surface area contributed by atoms with E-state index in [9.17, 15) is 4.79 Å². The number of nitrogens with zero attached hydrogens (tertiary/aromatic N) is 2. The summed E-state index contributed by atoms with van der Waals surface area (Å²) >= 11 is 0. The fourth-order valence-electron chi connectivity index (χ4n) is 1.35. The number of aromatic nitrogens is 2. The molecule has 1 aromatic rings. The molecule has 0 saturated heterocycles. The Bertz CT molecular complexity index is 388. The number of hydrogen-bond acceptors (Lipinski definition) is 4. The largest absolute Gasteiger partial charge is 0.478 e. The summed E-state index contributed by atoms with van der Waals surface area (Å²) in [4.78, 5) is 19.0. The van der Waals surface area contributed by atoms with Gasteiger partial charge in [0, 0.05) is 12.2 Å². The maximum atomic E-state index is 10.8. The van der Waals surface area contributed by atoms with Crippen LogP contribution in [0.1, 0.15) is 35.8 Å². The van der Waals surface area contributed by atoms with E-state index in [-0.39, 0.29) is 5.56 Å². The minimum Gasteiger partial charge on any atom is -0.478 e. The average Bonchev–Trinajstić information content (AvgIpc) is 3.01. The molecule has 1 aliphatic rings. The lowest BCUT2D eigenvalue weighted by molar-refractivity contribution is 0.0694. The number of hydrogen-bond donors (Lipinski definition) is 2. The van der Waals surface area contributed by atoms with Crippen molar-refractivity contribution in [2.75, 3.05) is 5.32 Å². The van der Waals surface area contributed by atoms with Gasteiger partial charge in [0.2, 0.25) is 5.95 Å². The second-order valence-corrected chi connectivity index (χ2v) is 3.63. The van der Waals surface area contributed by atoms with Gasteiger partial charge in [-0.3, -0.25) is 0 Å². The number of nitrogens with one attached hydrogen (secondary N) is 1. The zero-order chi connectivity index (χ0) is 10.8. The molecule has 1 saturated carbocycles. The lowest BCUT2D eigenvalue weighted by Crippen LogP contribution is -2.11. The van der Waals surface area contributed by atoms with E-state index in [2.05, 4.69) is 15.3 Å². The average molecular weight is 207 g/mol. The van der Waals surface area contributed by atoms with Gasteiger partial charge in [0.05, 0.1) is 11.3 Å². The van der Waals surface area contributed by atoms with Crippen molar-refractivity contribution in [3.05, 3.63) is 17.5 Å². The molecule has 2 rings (SSSR count). The minimum atomic E-state index is -0.968. The second-order valence-electron chi connectivity index (χ2n) is 3.63. The molecule has 1 aliphatic carbocycles. The van der Waals surface area contributed by atoms with E-state index in [0.29, 0.717) is 24.1 Å². The Morgan fingerprint density at radius 3 is 2.93 bits per heavy atom. The molecule has 1 aromatic heterocycles. The molecule has 5 nitrogen and oxygen atoms in total. The van der Waals surface area contributed by atoms with Crippen LogP contribution >= 0.6 is 0 Å². The topological polar surface area (TPSA) is 75.1 Å². The Hall–Kier alpha value is -1.65. The minimum absolute atomic E-state index is 0.193. The zero-order valence-electron chi connectivity index (χ0n) is 8.53. The third kappa shape index (κ3) is 2.23.